The van der Waals surface area contributed by atoms with Crippen molar-refractivity contribution in [2.75, 3.05) is 0 Å². The third kappa shape index (κ3) is 3.02. The van der Waals surface area contributed by atoms with Gasteiger partial charge in [0.2, 0.25) is 0 Å². The number of fused-ring (bicyclic) bond motifs is 1. The van der Waals surface area contributed by atoms with E-state index in [2.05, 4.69) is 84.3 Å². The minimum Gasteiger partial charge on any atom is -0.303 e. The second-order valence-corrected chi connectivity index (χ2v) is 6.52. The molecule has 1 heteroatoms. The van der Waals surface area contributed by atoms with Gasteiger partial charge in [0.15, 0.2) is 0 Å². The SMILES string of the molecule is C1=CC2=CC=CC(NC3CCCC=C3c3ccccc3)C2C=C1. The summed E-state index contributed by atoms with van der Waals surface area (Å²) in [6, 6.07) is 11.7. The lowest BCUT2D eigenvalue weighted by atomic mass is 9.82. The van der Waals surface area contributed by atoms with Gasteiger partial charge in [-0.05, 0) is 36.0 Å². The maximum absolute atomic E-state index is 3.92. The lowest BCUT2D eigenvalue weighted by molar-refractivity contribution is 0.449. The molecule has 3 unspecified atom stereocenters. The molecule has 1 nitrogen and oxygen atoms in total. The Balaban J connectivity index is 1.56. The van der Waals surface area contributed by atoms with E-state index in [1.807, 2.05) is 0 Å². The van der Waals surface area contributed by atoms with Crippen LogP contribution in [0.4, 0.5) is 0 Å². The molecule has 116 valence electrons. The second-order valence-electron chi connectivity index (χ2n) is 6.52. The number of hydrogen-bond donors (Lipinski definition) is 1. The smallest absolute Gasteiger partial charge is 0.0362 e. The number of allylic oxidation sites excluding steroid dienone is 6. The van der Waals surface area contributed by atoms with Crippen LogP contribution < -0.4 is 5.32 Å². The maximum Gasteiger partial charge on any atom is 0.0362 e. The van der Waals surface area contributed by atoms with Crippen LogP contribution in [0.3, 0.4) is 0 Å². The molecule has 1 N–H and O–H groups in total. The Labute approximate surface area is 138 Å². The quantitative estimate of drug-likeness (QED) is 0.844. The average molecular weight is 301 g/mol. The molecular formula is C22H23N. The van der Waals surface area contributed by atoms with Gasteiger partial charge in [-0.25, -0.2) is 0 Å². The van der Waals surface area contributed by atoms with Crippen LogP contribution in [-0.2, 0) is 0 Å². The number of rotatable bonds is 3. The predicted octanol–water partition coefficient (Wildman–Crippen LogP) is 4.82. The summed E-state index contributed by atoms with van der Waals surface area (Å²) in [5.41, 5.74) is 4.24. The summed E-state index contributed by atoms with van der Waals surface area (Å²) in [4.78, 5) is 0. The first-order valence-corrected chi connectivity index (χ1v) is 8.66. The molecule has 3 aliphatic rings. The summed E-state index contributed by atoms with van der Waals surface area (Å²) in [5, 5.41) is 3.92. The normalized spacial score (nSPS) is 29.0. The molecule has 1 aromatic rings. The van der Waals surface area contributed by atoms with E-state index in [9.17, 15) is 0 Å². The van der Waals surface area contributed by atoms with Crippen molar-refractivity contribution >= 4 is 5.57 Å². The standard InChI is InChI=1S/C22H23N/c1-2-9-17(10-3-1)19-14-6-7-15-21(19)23-22-16-8-12-18-11-4-5-13-20(18)22/h1-5,8-14,16,20-23H,6-7,15H2. The average Bonchev–Trinajstić information content (AvgIpc) is 2.63. The Kier molecular flexibility index (Phi) is 4.12. The van der Waals surface area contributed by atoms with E-state index in [0.717, 1.165) is 0 Å². The molecule has 0 amide bonds. The zero-order chi connectivity index (χ0) is 15.5. The van der Waals surface area contributed by atoms with Crippen molar-refractivity contribution in [2.45, 2.75) is 31.3 Å². The molecule has 4 rings (SSSR count). The second kappa shape index (κ2) is 6.55. The van der Waals surface area contributed by atoms with Gasteiger partial charge >= 0.3 is 0 Å². The van der Waals surface area contributed by atoms with Gasteiger partial charge in [-0.15, -0.1) is 0 Å². The van der Waals surface area contributed by atoms with E-state index in [0.29, 0.717) is 18.0 Å². The molecule has 0 aromatic heterocycles. The highest BCUT2D eigenvalue weighted by molar-refractivity contribution is 5.70. The zero-order valence-corrected chi connectivity index (χ0v) is 13.4. The van der Waals surface area contributed by atoms with E-state index in [1.165, 1.54) is 36.0 Å². The minimum atomic E-state index is 0.381. The first-order chi connectivity index (χ1) is 11.4. The Morgan fingerprint density at radius 1 is 0.957 bits per heavy atom. The summed E-state index contributed by atoms with van der Waals surface area (Å²) >= 11 is 0. The van der Waals surface area contributed by atoms with E-state index in [1.54, 1.807) is 0 Å². The van der Waals surface area contributed by atoms with Crippen LogP contribution in [-0.4, -0.2) is 12.1 Å². The van der Waals surface area contributed by atoms with Crippen molar-refractivity contribution in [3.63, 3.8) is 0 Å². The molecule has 0 radical (unpaired) electrons. The van der Waals surface area contributed by atoms with Crippen LogP contribution in [0.1, 0.15) is 24.8 Å². The molecule has 3 aliphatic carbocycles. The molecule has 0 spiro atoms. The third-order valence-corrected chi connectivity index (χ3v) is 5.03. The van der Waals surface area contributed by atoms with E-state index < -0.39 is 0 Å². The van der Waals surface area contributed by atoms with Crippen molar-refractivity contribution in [2.24, 2.45) is 5.92 Å². The van der Waals surface area contributed by atoms with Crippen molar-refractivity contribution in [1.82, 2.24) is 5.32 Å². The van der Waals surface area contributed by atoms with Gasteiger partial charge in [0.1, 0.15) is 0 Å². The van der Waals surface area contributed by atoms with E-state index >= 15 is 0 Å². The van der Waals surface area contributed by atoms with Gasteiger partial charge in [-0.1, -0.05) is 78.9 Å². The fourth-order valence-electron chi connectivity index (χ4n) is 3.86. The van der Waals surface area contributed by atoms with Crippen LogP contribution in [0.15, 0.2) is 84.5 Å². The van der Waals surface area contributed by atoms with Crippen LogP contribution >= 0.6 is 0 Å². The molecule has 23 heavy (non-hydrogen) atoms. The largest absolute Gasteiger partial charge is 0.303 e. The van der Waals surface area contributed by atoms with Gasteiger partial charge in [0.25, 0.3) is 0 Å². The molecule has 1 aromatic carbocycles. The molecule has 0 saturated heterocycles. The predicted molar refractivity (Wildman–Crippen MR) is 98.0 cm³/mol. The Hall–Kier alpha value is -2.12. The molecule has 0 heterocycles. The molecule has 0 saturated carbocycles. The molecular weight excluding hydrogens is 278 g/mol. The fourth-order valence-corrected chi connectivity index (χ4v) is 3.86. The first kappa shape index (κ1) is 14.5. The fraction of sp³-hybridized carbons (Fsp3) is 0.273. The van der Waals surface area contributed by atoms with E-state index in [4.69, 9.17) is 0 Å². The van der Waals surface area contributed by atoms with Gasteiger partial charge in [-0.2, -0.15) is 0 Å². The van der Waals surface area contributed by atoms with Gasteiger partial charge in [-0.3, -0.25) is 0 Å². The summed E-state index contributed by atoms with van der Waals surface area (Å²) in [6.07, 6.45) is 21.7. The highest BCUT2D eigenvalue weighted by Crippen LogP contribution is 2.31. The first-order valence-electron chi connectivity index (χ1n) is 8.66. The summed E-state index contributed by atoms with van der Waals surface area (Å²) < 4.78 is 0. The van der Waals surface area contributed by atoms with E-state index in [-0.39, 0.29) is 0 Å². The molecule has 0 aliphatic heterocycles. The number of hydrogen-bond acceptors (Lipinski definition) is 1. The number of nitrogens with one attached hydrogen (secondary N) is 1. The summed E-state index contributed by atoms with van der Waals surface area (Å²) in [7, 11) is 0. The van der Waals surface area contributed by atoms with Crippen LogP contribution in [0.2, 0.25) is 0 Å². The van der Waals surface area contributed by atoms with Crippen molar-refractivity contribution in [1.29, 1.82) is 0 Å². The third-order valence-electron chi connectivity index (χ3n) is 5.03. The Morgan fingerprint density at radius 2 is 1.87 bits per heavy atom. The van der Waals surface area contributed by atoms with Crippen molar-refractivity contribution in [3.8, 4) is 0 Å². The maximum atomic E-state index is 3.92. The highest BCUT2D eigenvalue weighted by atomic mass is 15.0. The molecule has 0 bridgehead atoms. The lowest BCUT2D eigenvalue weighted by Gasteiger charge is -2.34. The Morgan fingerprint density at radius 3 is 2.78 bits per heavy atom. The van der Waals surface area contributed by atoms with Gasteiger partial charge < -0.3 is 5.32 Å². The van der Waals surface area contributed by atoms with Crippen LogP contribution in [0.5, 0.6) is 0 Å². The topological polar surface area (TPSA) is 12.0 Å². The van der Waals surface area contributed by atoms with Crippen molar-refractivity contribution in [3.05, 3.63) is 90.1 Å². The highest BCUT2D eigenvalue weighted by Gasteiger charge is 2.27. The minimum absolute atomic E-state index is 0.381. The summed E-state index contributed by atoms with van der Waals surface area (Å²) in [5.74, 6) is 0.462. The van der Waals surface area contributed by atoms with Gasteiger partial charge in [0.05, 0.1) is 0 Å². The zero-order valence-electron chi connectivity index (χ0n) is 13.4. The van der Waals surface area contributed by atoms with Crippen molar-refractivity contribution < 1.29 is 0 Å². The monoisotopic (exact) mass is 301 g/mol. The van der Waals surface area contributed by atoms with Gasteiger partial charge in [0, 0.05) is 18.0 Å². The molecule has 3 atom stereocenters. The molecule has 0 fully saturated rings. The summed E-state index contributed by atoms with van der Waals surface area (Å²) in [6.45, 7) is 0. The van der Waals surface area contributed by atoms with Crippen LogP contribution in [0.25, 0.3) is 5.57 Å². The Bertz CT molecular complexity index is 703. The lowest BCUT2D eigenvalue weighted by Crippen LogP contribution is -2.43. The van der Waals surface area contributed by atoms with Crippen LogP contribution in [0, 0.1) is 5.92 Å². The number of benzene rings is 1.